The van der Waals surface area contributed by atoms with Gasteiger partial charge < -0.3 is 14.0 Å². The van der Waals surface area contributed by atoms with E-state index in [1.54, 1.807) is 6.20 Å². The monoisotopic (exact) mass is 377 g/mol. The summed E-state index contributed by atoms with van der Waals surface area (Å²) in [6.45, 7) is 5.97. The van der Waals surface area contributed by atoms with Gasteiger partial charge in [-0.1, -0.05) is 0 Å². The molecule has 0 saturated carbocycles. The number of benzene rings is 1. The molecule has 0 aliphatic heterocycles. The summed E-state index contributed by atoms with van der Waals surface area (Å²) >= 11 is 0. The van der Waals surface area contributed by atoms with Crippen LogP contribution in [0.15, 0.2) is 58.0 Å². The molecule has 6 nitrogen and oxygen atoms in total. The van der Waals surface area contributed by atoms with E-state index in [0.29, 0.717) is 11.6 Å². The Morgan fingerprint density at radius 3 is 2.44 bits per heavy atom. The van der Waals surface area contributed by atoms with E-state index in [-0.39, 0.29) is 47.3 Å². The largest absolute Gasteiger partial charge is 0.490 e. The van der Waals surface area contributed by atoms with Crippen molar-refractivity contribution in [3.8, 4) is 23.0 Å². The molecule has 0 aliphatic rings. The molecule has 2 heterocycles. The predicted octanol–water partition coefficient (Wildman–Crippen LogP) is 3.45. The molecule has 0 aliphatic carbocycles. The minimum absolute atomic E-state index is 0. The van der Waals surface area contributed by atoms with Crippen molar-refractivity contribution in [2.45, 2.75) is 39.4 Å². The second-order valence-corrected chi connectivity index (χ2v) is 6.40. The van der Waals surface area contributed by atoms with Crippen molar-refractivity contribution in [2.75, 3.05) is 0 Å². The van der Waals surface area contributed by atoms with Gasteiger partial charge in [0.15, 0.2) is 5.76 Å². The van der Waals surface area contributed by atoms with Crippen LogP contribution in [0.25, 0.3) is 11.3 Å². The van der Waals surface area contributed by atoms with Crippen LogP contribution >= 0.6 is 0 Å². The standard InChI is InChI=1S/C20H22N2O4.Na/c1-13(2)24-20-11-15(8-9-21-20)10-14(3)25-17-6-4-16(5-7-17)18-12-19(23)22-26-18;/h4-9,11-14H,10H2,1-3H3,(H,22,23);/t14-;/m0./s1. The van der Waals surface area contributed by atoms with Crippen LogP contribution in [0.2, 0.25) is 0 Å². The molecule has 0 fully saturated rings. The average molecular weight is 377 g/mol. The molecular weight excluding hydrogens is 355 g/mol. The van der Waals surface area contributed by atoms with Crippen molar-refractivity contribution < 1.29 is 14.0 Å². The molecule has 137 valence electrons. The first-order chi connectivity index (χ1) is 12.5. The van der Waals surface area contributed by atoms with Crippen molar-refractivity contribution >= 4 is 29.6 Å². The molecule has 1 radical (unpaired) electrons. The smallest absolute Gasteiger partial charge is 0.280 e. The maximum absolute atomic E-state index is 11.1. The van der Waals surface area contributed by atoms with Crippen LogP contribution in [0.5, 0.6) is 11.6 Å². The Morgan fingerprint density at radius 1 is 1.07 bits per heavy atom. The van der Waals surface area contributed by atoms with Crippen LogP contribution in [0, 0.1) is 0 Å². The van der Waals surface area contributed by atoms with Gasteiger partial charge in [0.1, 0.15) is 5.75 Å². The first kappa shape index (κ1) is 21.3. The molecule has 0 bridgehead atoms. The summed E-state index contributed by atoms with van der Waals surface area (Å²) in [5.41, 5.74) is 1.66. The zero-order chi connectivity index (χ0) is 18.5. The zero-order valence-corrected chi connectivity index (χ0v) is 18.1. The summed E-state index contributed by atoms with van der Waals surface area (Å²) in [5.74, 6) is 1.89. The molecule has 7 heteroatoms. The Bertz CT molecular complexity index is 903. The second-order valence-electron chi connectivity index (χ2n) is 6.40. The topological polar surface area (TPSA) is 77.4 Å². The third kappa shape index (κ3) is 6.27. The summed E-state index contributed by atoms with van der Waals surface area (Å²) in [6, 6.07) is 12.8. The Labute approximate surface area is 180 Å². The Kier molecular flexibility index (Phi) is 7.71. The van der Waals surface area contributed by atoms with Gasteiger partial charge in [0.05, 0.1) is 18.3 Å². The molecular formula is C20H22N2NaO4. The number of nitrogens with zero attached hydrogens (tertiary/aromatic N) is 1. The number of pyridine rings is 1. The molecule has 27 heavy (non-hydrogen) atoms. The number of aromatic nitrogens is 2. The van der Waals surface area contributed by atoms with E-state index < -0.39 is 0 Å². The molecule has 2 aromatic heterocycles. The fraction of sp³-hybridized carbons (Fsp3) is 0.300. The third-order valence-electron chi connectivity index (χ3n) is 3.68. The van der Waals surface area contributed by atoms with Crippen molar-refractivity contribution in [1.29, 1.82) is 0 Å². The Balaban J connectivity index is 0.00000261. The molecule has 0 amide bonds. The number of H-pyrrole nitrogens is 1. The van der Waals surface area contributed by atoms with Gasteiger partial charge in [-0.25, -0.2) is 4.98 Å². The van der Waals surface area contributed by atoms with Gasteiger partial charge in [-0.3, -0.25) is 4.79 Å². The first-order valence-corrected chi connectivity index (χ1v) is 8.57. The van der Waals surface area contributed by atoms with E-state index >= 15 is 0 Å². The summed E-state index contributed by atoms with van der Waals surface area (Å²) in [5, 5.41) is 2.28. The van der Waals surface area contributed by atoms with Gasteiger partial charge in [-0.05, 0) is 56.7 Å². The summed E-state index contributed by atoms with van der Waals surface area (Å²) in [6.07, 6.45) is 2.57. The molecule has 1 aromatic carbocycles. The minimum Gasteiger partial charge on any atom is -0.490 e. The fourth-order valence-electron chi connectivity index (χ4n) is 2.61. The molecule has 0 unspecified atom stereocenters. The van der Waals surface area contributed by atoms with Crippen LogP contribution in [-0.2, 0) is 6.42 Å². The van der Waals surface area contributed by atoms with Gasteiger partial charge in [-0.15, -0.1) is 0 Å². The zero-order valence-electron chi connectivity index (χ0n) is 16.1. The van der Waals surface area contributed by atoms with Gasteiger partial charge >= 0.3 is 0 Å². The van der Waals surface area contributed by atoms with Crippen molar-refractivity contribution in [3.05, 3.63) is 64.6 Å². The number of rotatable bonds is 7. The van der Waals surface area contributed by atoms with Crippen molar-refractivity contribution in [3.63, 3.8) is 0 Å². The predicted molar refractivity (Wildman–Crippen MR) is 104 cm³/mol. The fourth-order valence-corrected chi connectivity index (χ4v) is 2.61. The van der Waals surface area contributed by atoms with E-state index in [0.717, 1.165) is 23.3 Å². The van der Waals surface area contributed by atoms with Gasteiger partial charge in [0.2, 0.25) is 5.88 Å². The quantitative estimate of drug-likeness (QED) is 0.638. The third-order valence-corrected chi connectivity index (χ3v) is 3.68. The first-order valence-electron chi connectivity index (χ1n) is 8.57. The molecule has 3 aromatic rings. The molecule has 1 N–H and O–H groups in total. The van der Waals surface area contributed by atoms with E-state index in [1.807, 2.05) is 57.2 Å². The molecule has 0 saturated heterocycles. The summed E-state index contributed by atoms with van der Waals surface area (Å²) in [7, 11) is 0. The molecule has 1 atom stereocenters. The maximum Gasteiger partial charge on any atom is 0.280 e. The van der Waals surface area contributed by atoms with Crippen LogP contribution in [-0.4, -0.2) is 51.9 Å². The van der Waals surface area contributed by atoms with Crippen LogP contribution in [0.3, 0.4) is 0 Å². The molecule has 3 rings (SSSR count). The van der Waals surface area contributed by atoms with E-state index in [1.165, 1.54) is 6.07 Å². The van der Waals surface area contributed by atoms with Gasteiger partial charge in [0.25, 0.3) is 5.56 Å². The molecule has 0 spiro atoms. The van der Waals surface area contributed by atoms with Crippen molar-refractivity contribution in [2.24, 2.45) is 0 Å². The SMILES string of the molecule is CC(C)Oc1cc(C[C@H](C)Oc2ccc(-c3cc(=O)[nH]o3)cc2)ccn1.[Na]. The van der Waals surface area contributed by atoms with Crippen LogP contribution < -0.4 is 15.0 Å². The van der Waals surface area contributed by atoms with Crippen molar-refractivity contribution in [1.82, 2.24) is 10.1 Å². The number of hydrogen-bond donors (Lipinski definition) is 1. The van der Waals surface area contributed by atoms with Crippen LogP contribution in [0.4, 0.5) is 0 Å². The van der Waals surface area contributed by atoms with E-state index in [4.69, 9.17) is 14.0 Å². The Morgan fingerprint density at radius 2 is 1.81 bits per heavy atom. The summed E-state index contributed by atoms with van der Waals surface area (Å²) in [4.78, 5) is 15.4. The number of ether oxygens (including phenoxy) is 2. The van der Waals surface area contributed by atoms with Gasteiger partial charge in [0, 0.05) is 53.8 Å². The van der Waals surface area contributed by atoms with Gasteiger partial charge in [-0.2, -0.15) is 5.16 Å². The maximum atomic E-state index is 11.1. The summed E-state index contributed by atoms with van der Waals surface area (Å²) < 4.78 is 16.7. The number of hydrogen-bond acceptors (Lipinski definition) is 5. The number of nitrogens with one attached hydrogen (secondary N) is 1. The Hall–Kier alpha value is -2.02. The number of aromatic amines is 1. The minimum atomic E-state index is -0.257. The second kappa shape index (κ2) is 9.78. The van der Waals surface area contributed by atoms with E-state index in [9.17, 15) is 4.79 Å². The van der Waals surface area contributed by atoms with Crippen LogP contribution in [0.1, 0.15) is 26.3 Å². The van der Waals surface area contributed by atoms with E-state index in [2.05, 4.69) is 10.1 Å². The normalized spacial score (nSPS) is 11.7. The average Bonchev–Trinajstić information content (AvgIpc) is 3.01.